The SMILES string of the molecule is O=S(=O)(F)c1ccc(-c2[nH]c3ccccc3c2C(CC(F)(F)F)c2cccs2)cc1. The molecule has 0 amide bonds. The fraction of sp³-hybridized carbons (Fsp3) is 0.143. The Kier molecular flexibility index (Phi) is 5.19. The maximum Gasteiger partial charge on any atom is 0.390 e. The van der Waals surface area contributed by atoms with Crippen LogP contribution < -0.4 is 0 Å². The van der Waals surface area contributed by atoms with E-state index < -0.39 is 33.6 Å². The molecule has 2 heterocycles. The first-order valence-electron chi connectivity index (χ1n) is 8.89. The van der Waals surface area contributed by atoms with E-state index in [0.717, 1.165) is 12.1 Å². The molecule has 1 N–H and O–H groups in total. The third kappa shape index (κ3) is 4.13. The summed E-state index contributed by atoms with van der Waals surface area (Å²) in [4.78, 5) is 3.23. The Morgan fingerprint density at radius 2 is 1.67 bits per heavy atom. The highest BCUT2D eigenvalue weighted by atomic mass is 32.3. The number of halogens is 4. The molecular formula is C21H15F4NO2S2. The van der Waals surface area contributed by atoms with E-state index in [1.807, 2.05) is 0 Å². The van der Waals surface area contributed by atoms with E-state index in [-0.39, 0.29) is 0 Å². The summed E-state index contributed by atoms with van der Waals surface area (Å²) in [5, 5.41) is 2.38. The molecule has 1 atom stereocenters. The molecule has 0 saturated carbocycles. The normalized spacial score (nSPS) is 13.6. The molecule has 0 aliphatic heterocycles. The molecule has 156 valence electrons. The second-order valence-corrected chi connectivity index (χ2v) is 9.14. The summed E-state index contributed by atoms with van der Waals surface area (Å²) < 4.78 is 75.9. The number of para-hydroxylation sites is 1. The Balaban J connectivity index is 1.94. The summed E-state index contributed by atoms with van der Waals surface area (Å²) >= 11 is 1.25. The van der Waals surface area contributed by atoms with Gasteiger partial charge in [0.25, 0.3) is 0 Å². The van der Waals surface area contributed by atoms with Crippen molar-refractivity contribution in [3.63, 3.8) is 0 Å². The van der Waals surface area contributed by atoms with Gasteiger partial charge in [0.2, 0.25) is 0 Å². The Labute approximate surface area is 174 Å². The summed E-state index contributed by atoms with van der Waals surface area (Å²) in [6.07, 6.45) is -5.43. The number of benzene rings is 2. The van der Waals surface area contributed by atoms with Crippen LogP contribution in [0, 0.1) is 0 Å². The van der Waals surface area contributed by atoms with Crippen molar-refractivity contribution in [3.05, 3.63) is 76.5 Å². The van der Waals surface area contributed by atoms with Crippen molar-refractivity contribution in [3.8, 4) is 11.3 Å². The number of rotatable bonds is 5. The predicted octanol–water partition coefficient (Wildman–Crippen LogP) is 6.64. The number of fused-ring (bicyclic) bond motifs is 1. The summed E-state index contributed by atoms with van der Waals surface area (Å²) in [7, 11) is -4.87. The largest absolute Gasteiger partial charge is 0.390 e. The Morgan fingerprint density at radius 3 is 2.27 bits per heavy atom. The van der Waals surface area contributed by atoms with E-state index in [2.05, 4.69) is 4.98 Å². The summed E-state index contributed by atoms with van der Waals surface area (Å²) in [6, 6.07) is 15.4. The molecule has 0 saturated heterocycles. The average molecular weight is 453 g/mol. The first-order valence-corrected chi connectivity index (χ1v) is 11.2. The van der Waals surface area contributed by atoms with Gasteiger partial charge < -0.3 is 4.98 Å². The van der Waals surface area contributed by atoms with E-state index in [1.54, 1.807) is 41.8 Å². The summed E-state index contributed by atoms with van der Waals surface area (Å²) in [5.41, 5.74) is 2.05. The van der Waals surface area contributed by atoms with Crippen LogP contribution in [0.5, 0.6) is 0 Å². The predicted molar refractivity (Wildman–Crippen MR) is 109 cm³/mol. The molecule has 30 heavy (non-hydrogen) atoms. The minimum atomic E-state index is -4.87. The average Bonchev–Trinajstić information content (AvgIpc) is 3.33. The fourth-order valence-corrected chi connectivity index (χ4v) is 4.90. The number of aromatic amines is 1. The van der Waals surface area contributed by atoms with Crippen molar-refractivity contribution in [2.24, 2.45) is 0 Å². The monoisotopic (exact) mass is 453 g/mol. The van der Waals surface area contributed by atoms with Gasteiger partial charge >= 0.3 is 16.4 Å². The van der Waals surface area contributed by atoms with Crippen molar-refractivity contribution in [2.75, 3.05) is 0 Å². The Morgan fingerprint density at radius 1 is 0.967 bits per heavy atom. The standard InChI is InChI=1S/C21H15F4NO2S2/c22-21(23,24)12-16(18-6-3-11-29-18)19-15-4-1-2-5-17(15)26-20(19)13-7-9-14(10-8-13)30(25,27)28/h1-11,16,26H,12H2. The second kappa shape index (κ2) is 7.55. The van der Waals surface area contributed by atoms with Crippen LogP contribution in [0.1, 0.15) is 22.8 Å². The third-order valence-electron chi connectivity index (χ3n) is 4.84. The van der Waals surface area contributed by atoms with Gasteiger partial charge in [-0.15, -0.1) is 15.2 Å². The molecule has 9 heteroatoms. The van der Waals surface area contributed by atoms with Gasteiger partial charge in [-0.3, -0.25) is 0 Å². The molecule has 0 bridgehead atoms. The van der Waals surface area contributed by atoms with Gasteiger partial charge in [-0.25, -0.2) is 0 Å². The minimum absolute atomic E-state index is 0.446. The molecule has 0 aliphatic carbocycles. The number of hydrogen-bond acceptors (Lipinski definition) is 3. The zero-order chi connectivity index (χ0) is 21.5. The highest BCUT2D eigenvalue weighted by Crippen LogP contribution is 2.45. The number of nitrogens with one attached hydrogen (secondary N) is 1. The van der Waals surface area contributed by atoms with Crippen molar-refractivity contribution in [2.45, 2.75) is 23.4 Å². The Hall–Kier alpha value is -2.65. The molecule has 4 aromatic rings. The van der Waals surface area contributed by atoms with Gasteiger partial charge in [0, 0.05) is 21.7 Å². The van der Waals surface area contributed by atoms with Gasteiger partial charge in [0.15, 0.2) is 0 Å². The minimum Gasteiger partial charge on any atom is -0.354 e. The molecule has 4 rings (SSSR count). The van der Waals surface area contributed by atoms with Gasteiger partial charge in [0.1, 0.15) is 0 Å². The highest BCUT2D eigenvalue weighted by molar-refractivity contribution is 7.86. The van der Waals surface area contributed by atoms with Gasteiger partial charge in [-0.2, -0.15) is 21.6 Å². The lowest BCUT2D eigenvalue weighted by Gasteiger charge is -2.19. The Bertz CT molecular complexity index is 1280. The molecule has 2 aromatic heterocycles. The van der Waals surface area contributed by atoms with Crippen LogP contribution in [0.3, 0.4) is 0 Å². The molecule has 3 nitrogen and oxygen atoms in total. The van der Waals surface area contributed by atoms with E-state index in [1.165, 1.54) is 23.5 Å². The molecule has 0 spiro atoms. The smallest absolute Gasteiger partial charge is 0.354 e. The molecule has 0 aliphatic rings. The second-order valence-electron chi connectivity index (χ2n) is 6.81. The molecule has 1 unspecified atom stereocenters. The zero-order valence-corrected chi connectivity index (χ0v) is 16.9. The lowest BCUT2D eigenvalue weighted by molar-refractivity contribution is -0.136. The number of alkyl halides is 3. The molecule has 2 aromatic carbocycles. The van der Waals surface area contributed by atoms with Crippen molar-refractivity contribution in [1.82, 2.24) is 4.98 Å². The van der Waals surface area contributed by atoms with Gasteiger partial charge in [0.05, 0.1) is 17.0 Å². The van der Waals surface area contributed by atoms with Crippen LogP contribution in [0.15, 0.2) is 70.9 Å². The van der Waals surface area contributed by atoms with Crippen LogP contribution >= 0.6 is 11.3 Å². The first kappa shape index (κ1) is 20.6. The topological polar surface area (TPSA) is 49.9 Å². The first-order chi connectivity index (χ1) is 14.1. The molecule has 0 fully saturated rings. The maximum absolute atomic E-state index is 13.5. The van der Waals surface area contributed by atoms with E-state index >= 15 is 0 Å². The zero-order valence-electron chi connectivity index (χ0n) is 15.3. The number of H-pyrrole nitrogens is 1. The van der Waals surface area contributed by atoms with Crippen molar-refractivity contribution < 1.29 is 25.5 Å². The number of hydrogen-bond donors (Lipinski definition) is 1. The summed E-state index contributed by atoms with van der Waals surface area (Å²) in [6.45, 7) is 0. The third-order valence-corrected chi connectivity index (χ3v) is 6.66. The maximum atomic E-state index is 13.5. The van der Waals surface area contributed by atoms with Crippen molar-refractivity contribution >= 4 is 32.5 Å². The van der Waals surface area contributed by atoms with E-state index in [4.69, 9.17) is 0 Å². The molecule has 0 radical (unpaired) electrons. The summed E-state index contributed by atoms with van der Waals surface area (Å²) in [5.74, 6) is -0.944. The quantitative estimate of drug-likeness (QED) is 0.272. The van der Waals surface area contributed by atoms with Gasteiger partial charge in [-0.1, -0.05) is 36.4 Å². The van der Waals surface area contributed by atoms with Crippen LogP contribution in [-0.4, -0.2) is 19.6 Å². The van der Waals surface area contributed by atoms with Crippen LogP contribution in [0.2, 0.25) is 0 Å². The van der Waals surface area contributed by atoms with E-state index in [0.29, 0.717) is 32.6 Å². The molecular weight excluding hydrogens is 438 g/mol. The van der Waals surface area contributed by atoms with Crippen LogP contribution in [-0.2, 0) is 10.2 Å². The number of thiophene rings is 1. The number of aromatic nitrogens is 1. The van der Waals surface area contributed by atoms with Crippen LogP contribution in [0.25, 0.3) is 22.2 Å². The van der Waals surface area contributed by atoms with Gasteiger partial charge in [-0.05, 0) is 40.8 Å². The lowest BCUT2D eigenvalue weighted by Crippen LogP contribution is -2.14. The fourth-order valence-electron chi connectivity index (χ4n) is 3.60. The highest BCUT2D eigenvalue weighted by Gasteiger charge is 2.36. The van der Waals surface area contributed by atoms with Crippen molar-refractivity contribution in [1.29, 1.82) is 0 Å². The lowest BCUT2D eigenvalue weighted by atomic mass is 9.89. The van der Waals surface area contributed by atoms with Crippen LogP contribution in [0.4, 0.5) is 17.1 Å². The van der Waals surface area contributed by atoms with E-state index in [9.17, 15) is 25.5 Å².